The van der Waals surface area contributed by atoms with Crippen LogP contribution in [0.5, 0.6) is 0 Å². The van der Waals surface area contributed by atoms with E-state index in [1.807, 2.05) is 69.2 Å². The highest BCUT2D eigenvalue weighted by Gasteiger charge is 2.63. The Balaban J connectivity index is 0.873. The fourth-order valence-electron chi connectivity index (χ4n) is 9.58. The minimum atomic E-state index is -0.817. The monoisotopic (exact) mass is 857 g/mol. The first-order chi connectivity index (χ1) is 28.4. The van der Waals surface area contributed by atoms with Gasteiger partial charge in [-0.25, -0.2) is 0 Å². The molecule has 0 aromatic rings. The predicted molar refractivity (Wildman–Crippen MR) is 217 cm³/mol. The van der Waals surface area contributed by atoms with E-state index in [9.17, 15) is 9.59 Å². The van der Waals surface area contributed by atoms with E-state index in [4.69, 9.17) is 56.8 Å². The molecule has 0 saturated carbocycles. The fourth-order valence-corrected chi connectivity index (χ4v) is 9.58. The molecule has 0 aromatic carbocycles. The van der Waals surface area contributed by atoms with Crippen molar-refractivity contribution in [1.29, 1.82) is 0 Å². The van der Waals surface area contributed by atoms with Crippen molar-refractivity contribution >= 4 is 11.9 Å². The molecule has 12 atom stereocenters. The summed E-state index contributed by atoms with van der Waals surface area (Å²) in [6.45, 7) is 20.7. The van der Waals surface area contributed by atoms with Crippen molar-refractivity contribution in [3.05, 3.63) is 0 Å². The van der Waals surface area contributed by atoms with Crippen LogP contribution >= 0.6 is 0 Å². The van der Waals surface area contributed by atoms with E-state index in [0.717, 1.165) is 51.6 Å². The summed E-state index contributed by atoms with van der Waals surface area (Å²) in [5.41, 5.74) is 0. The largest absolute Gasteiger partial charge is 0.466 e. The zero-order valence-corrected chi connectivity index (χ0v) is 38.0. The highest BCUT2D eigenvalue weighted by atomic mass is 16.9. The molecular weight excluding hydrogens is 780 g/mol. The summed E-state index contributed by atoms with van der Waals surface area (Å²) in [6.07, 6.45) is 6.88. The summed E-state index contributed by atoms with van der Waals surface area (Å²) in [5, 5.41) is 7.21. The van der Waals surface area contributed by atoms with Crippen molar-refractivity contribution < 1.29 is 66.4 Å². The standard InChI is InChI=1S/C44H76N2O14/c1-11-49-29(47)25-27(31-33-35(55-41(3,4)53-33)37-39(51-31)59-43(7,8)57-37)45-23-21-19-17-15-13-14-16-18-20-22-24-46-28(26-30(48)50-12-2)32-34-36(56-42(5,6)54-34)38-40(52-32)60-44(9,10)58-38/h27-28,31-40,45-46H,11-26H2,1-10H3/t27?,28?,31-,32-,33+,34+,35+,36+,37-,38-,39-,40-/m1/s1. The van der Waals surface area contributed by atoms with Gasteiger partial charge in [0.25, 0.3) is 0 Å². The second-order valence-electron chi connectivity index (χ2n) is 18.9. The summed E-state index contributed by atoms with van der Waals surface area (Å²) >= 11 is 0. The second-order valence-corrected chi connectivity index (χ2v) is 18.9. The topological polar surface area (TPSA) is 169 Å². The molecule has 0 spiro atoms. The Morgan fingerprint density at radius 2 is 0.750 bits per heavy atom. The first-order valence-corrected chi connectivity index (χ1v) is 22.9. The number of fused-ring (bicyclic) bond motifs is 6. The number of hydrogen-bond acceptors (Lipinski definition) is 16. The number of unbranched alkanes of at least 4 members (excludes halogenated alkanes) is 9. The Labute approximate surface area is 357 Å². The molecule has 0 amide bonds. The number of carbonyl (C=O) groups is 2. The molecule has 6 fully saturated rings. The van der Waals surface area contributed by atoms with Crippen LogP contribution in [0, 0.1) is 0 Å². The van der Waals surface area contributed by atoms with Crippen LogP contribution in [0.1, 0.15) is 146 Å². The zero-order chi connectivity index (χ0) is 43.3. The summed E-state index contributed by atoms with van der Waals surface area (Å²) in [5.74, 6) is -3.82. The molecule has 6 heterocycles. The van der Waals surface area contributed by atoms with E-state index < -0.39 is 72.4 Å². The van der Waals surface area contributed by atoms with E-state index in [0.29, 0.717) is 13.2 Å². The van der Waals surface area contributed by atoms with Gasteiger partial charge in [0.1, 0.15) is 48.8 Å². The molecule has 16 nitrogen and oxygen atoms in total. The fraction of sp³-hybridized carbons (Fsp3) is 0.955. The lowest BCUT2D eigenvalue weighted by Gasteiger charge is -2.41. The van der Waals surface area contributed by atoms with E-state index in [1.165, 1.54) is 25.7 Å². The third-order valence-electron chi connectivity index (χ3n) is 12.0. The van der Waals surface area contributed by atoms with Gasteiger partial charge in [-0.1, -0.05) is 51.4 Å². The van der Waals surface area contributed by atoms with Gasteiger partial charge in [-0.05, 0) is 95.2 Å². The Morgan fingerprint density at radius 3 is 1.10 bits per heavy atom. The van der Waals surface area contributed by atoms with Crippen LogP contribution in [0.4, 0.5) is 0 Å². The third kappa shape index (κ3) is 12.6. The van der Waals surface area contributed by atoms with Crippen LogP contribution < -0.4 is 10.6 Å². The van der Waals surface area contributed by atoms with Crippen molar-refractivity contribution in [3.8, 4) is 0 Å². The van der Waals surface area contributed by atoms with Gasteiger partial charge < -0.3 is 67.5 Å². The number of nitrogens with one attached hydrogen (secondary N) is 2. The van der Waals surface area contributed by atoms with Gasteiger partial charge in [0.2, 0.25) is 0 Å². The number of ether oxygens (including phenoxy) is 12. The third-order valence-corrected chi connectivity index (χ3v) is 12.0. The Bertz CT molecular complexity index is 1290. The van der Waals surface area contributed by atoms with E-state index in [-0.39, 0.29) is 49.1 Å². The van der Waals surface area contributed by atoms with Crippen molar-refractivity contribution in [2.45, 2.75) is 243 Å². The average Bonchev–Trinajstić information content (AvgIpc) is 3.86. The first-order valence-electron chi connectivity index (χ1n) is 22.9. The highest BCUT2D eigenvalue weighted by Crippen LogP contribution is 2.46. The Morgan fingerprint density at radius 1 is 0.450 bits per heavy atom. The van der Waals surface area contributed by atoms with Gasteiger partial charge >= 0.3 is 11.9 Å². The Kier molecular flexibility index (Phi) is 16.4. The lowest BCUT2D eigenvalue weighted by atomic mass is 9.92. The van der Waals surface area contributed by atoms with Crippen LogP contribution in [-0.4, -0.2) is 135 Å². The van der Waals surface area contributed by atoms with Crippen LogP contribution in [0.25, 0.3) is 0 Å². The van der Waals surface area contributed by atoms with Crippen LogP contribution in [0.3, 0.4) is 0 Å². The van der Waals surface area contributed by atoms with Gasteiger partial charge in [0.05, 0.1) is 26.1 Å². The predicted octanol–water partition coefficient (Wildman–Crippen LogP) is 5.50. The molecule has 6 rings (SSSR count). The molecule has 0 bridgehead atoms. The average molecular weight is 857 g/mol. The van der Waals surface area contributed by atoms with Crippen molar-refractivity contribution in [2.24, 2.45) is 0 Å². The molecule has 2 N–H and O–H groups in total. The molecule has 0 aromatic heterocycles. The van der Waals surface area contributed by atoms with E-state index >= 15 is 0 Å². The molecule has 0 radical (unpaired) electrons. The molecule has 346 valence electrons. The minimum absolute atomic E-state index is 0.154. The molecule has 2 unspecified atom stereocenters. The lowest BCUT2D eigenvalue weighted by molar-refractivity contribution is -0.240. The first kappa shape index (κ1) is 47.9. The summed E-state index contributed by atoms with van der Waals surface area (Å²) in [7, 11) is 0. The number of hydrogen-bond donors (Lipinski definition) is 2. The number of esters is 2. The highest BCUT2D eigenvalue weighted by molar-refractivity contribution is 5.70. The molecule has 60 heavy (non-hydrogen) atoms. The van der Waals surface area contributed by atoms with Gasteiger partial charge in [0, 0.05) is 12.1 Å². The SMILES string of the molecule is CCOC(=O)CC(NCCCCCCCCCCCCNC(CC(=O)OCC)[C@H]1O[C@@H]2OC(C)(C)O[C@@H]2[C@H]2OC(C)(C)O[C@H]21)[C@H]1O[C@@H]2OC(C)(C)O[C@@H]2[C@H]2OC(C)(C)O[C@H]21. The summed E-state index contributed by atoms with van der Waals surface area (Å²) < 4.78 is 73.5. The van der Waals surface area contributed by atoms with E-state index in [2.05, 4.69) is 10.6 Å². The van der Waals surface area contributed by atoms with Crippen LogP contribution in [-0.2, 0) is 66.4 Å². The van der Waals surface area contributed by atoms with Crippen LogP contribution in [0.15, 0.2) is 0 Å². The minimum Gasteiger partial charge on any atom is -0.466 e. The molecule has 0 aliphatic carbocycles. The lowest BCUT2D eigenvalue weighted by Crippen LogP contribution is -2.61. The van der Waals surface area contributed by atoms with Gasteiger partial charge in [-0.15, -0.1) is 0 Å². The van der Waals surface area contributed by atoms with Crippen molar-refractivity contribution in [1.82, 2.24) is 10.6 Å². The summed E-state index contributed by atoms with van der Waals surface area (Å²) in [4.78, 5) is 25.5. The van der Waals surface area contributed by atoms with Crippen molar-refractivity contribution in [2.75, 3.05) is 26.3 Å². The maximum absolute atomic E-state index is 12.7. The molecule has 6 aliphatic rings. The molecule has 6 saturated heterocycles. The number of carbonyl (C=O) groups excluding carboxylic acids is 2. The smallest absolute Gasteiger partial charge is 0.307 e. The van der Waals surface area contributed by atoms with E-state index in [1.54, 1.807) is 0 Å². The number of rotatable bonds is 23. The maximum Gasteiger partial charge on any atom is 0.307 e. The summed E-state index contributed by atoms with van der Waals surface area (Å²) in [6, 6.07) is -0.677. The zero-order valence-electron chi connectivity index (χ0n) is 38.0. The van der Waals surface area contributed by atoms with Crippen LogP contribution in [0.2, 0.25) is 0 Å². The molecule has 16 heteroatoms. The van der Waals surface area contributed by atoms with Crippen molar-refractivity contribution in [3.63, 3.8) is 0 Å². The normalized spacial score (nSPS) is 35.2. The quantitative estimate of drug-likeness (QED) is 0.0975. The molecule has 6 aliphatic heterocycles. The van der Waals surface area contributed by atoms with Gasteiger partial charge in [-0.3, -0.25) is 9.59 Å². The van der Waals surface area contributed by atoms with Gasteiger partial charge in [0.15, 0.2) is 35.7 Å². The Hall–Kier alpha value is -1.54. The molecular formula is C44H76N2O14. The second kappa shape index (κ2) is 20.5. The van der Waals surface area contributed by atoms with Gasteiger partial charge in [-0.2, -0.15) is 0 Å². The maximum atomic E-state index is 12.7.